The fraction of sp³-hybridized carbons (Fsp3) is 0.375. The van der Waals surface area contributed by atoms with Crippen molar-refractivity contribution in [2.24, 2.45) is 5.41 Å². The number of anilines is 1. The Morgan fingerprint density at radius 2 is 2.00 bits per heavy atom. The number of nitrogens with one attached hydrogen (secondary N) is 1. The molecule has 0 aliphatic heterocycles. The first-order valence-corrected chi connectivity index (χ1v) is 6.70. The Kier molecular flexibility index (Phi) is 5.52. The maximum absolute atomic E-state index is 12.1. The Morgan fingerprint density at radius 3 is 2.57 bits per heavy atom. The molecule has 0 aromatic heterocycles. The third kappa shape index (κ3) is 6.61. The van der Waals surface area contributed by atoms with E-state index in [1.807, 2.05) is 0 Å². The van der Waals surface area contributed by atoms with E-state index in [4.69, 9.17) is 5.11 Å². The van der Waals surface area contributed by atoms with Gasteiger partial charge in [-0.15, -0.1) is 0 Å². The molecule has 2 N–H and O–H groups in total. The van der Waals surface area contributed by atoms with Crippen LogP contribution in [0.4, 0.5) is 10.5 Å². The van der Waals surface area contributed by atoms with Crippen LogP contribution in [0.25, 0.3) is 6.08 Å². The van der Waals surface area contributed by atoms with Gasteiger partial charge in [-0.05, 0) is 29.2 Å². The summed E-state index contributed by atoms with van der Waals surface area (Å²) in [6, 6.07) is 6.84. The van der Waals surface area contributed by atoms with Crippen molar-refractivity contribution in [3.05, 3.63) is 35.9 Å². The smallest absolute Gasteiger partial charge is 0.328 e. The van der Waals surface area contributed by atoms with Gasteiger partial charge in [0, 0.05) is 25.4 Å². The maximum Gasteiger partial charge on any atom is 0.328 e. The molecule has 0 saturated heterocycles. The van der Waals surface area contributed by atoms with Gasteiger partial charge in [-0.2, -0.15) is 0 Å². The van der Waals surface area contributed by atoms with Crippen molar-refractivity contribution >= 4 is 23.8 Å². The third-order valence-electron chi connectivity index (χ3n) is 2.61. The highest BCUT2D eigenvalue weighted by atomic mass is 16.4. The molecular weight excluding hydrogens is 268 g/mol. The molecule has 21 heavy (non-hydrogen) atoms. The maximum atomic E-state index is 12.1. The Bertz CT molecular complexity index is 545. The van der Waals surface area contributed by atoms with E-state index in [0.29, 0.717) is 17.8 Å². The topological polar surface area (TPSA) is 69.6 Å². The lowest BCUT2D eigenvalue weighted by molar-refractivity contribution is -0.131. The number of urea groups is 1. The van der Waals surface area contributed by atoms with E-state index in [2.05, 4.69) is 26.1 Å². The largest absolute Gasteiger partial charge is 0.478 e. The Labute approximate surface area is 125 Å². The lowest BCUT2D eigenvalue weighted by Gasteiger charge is -2.26. The highest BCUT2D eigenvalue weighted by Gasteiger charge is 2.17. The fourth-order valence-corrected chi connectivity index (χ4v) is 1.89. The van der Waals surface area contributed by atoms with Crippen LogP contribution in [0, 0.1) is 5.41 Å². The molecule has 0 radical (unpaired) electrons. The highest BCUT2D eigenvalue weighted by Crippen LogP contribution is 2.16. The number of amides is 2. The number of hydrogen-bond acceptors (Lipinski definition) is 2. The number of aliphatic carboxylic acids is 1. The van der Waals surface area contributed by atoms with Gasteiger partial charge in [-0.25, -0.2) is 9.59 Å². The van der Waals surface area contributed by atoms with Crippen LogP contribution in [-0.4, -0.2) is 35.6 Å². The number of carboxylic acids is 1. The van der Waals surface area contributed by atoms with Crippen LogP contribution in [0.2, 0.25) is 0 Å². The molecule has 0 fully saturated rings. The van der Waals surface area contributed by atoms with E-state index in [0.717, 1.165) is 6.08 Å². The lowest BCUT2D eigenvalue weighted by Crippen LogP contribution is -2.37. The van der Waals surface area contributed by atoms with Crippen molar-refractivity contribution in [1.82, 2.24) is 4.90 Å². The van der Waals surface area contributed by atoms with E-state index in [-0.39, 0.29) is 11.4 Å². The number of carboxylic acid groups (broad SMARTS) is 1. The standard InChI is InChI=1S/C16H22N2O3/c1-16(2,3)11-18(4)15(21)17-13-7-5-6-12(10-13)8-9-14(19)20/h5-10H,11H2,1-4H3,(H,17,21)(H,19,20)/b9-8+. The normalized spacial score (nSPS) is 11.4. The first-order chi connectivity index (χ1) is 9.67. The van der Waals surface area contributed by atoms with Crippen LogP contribution in [-0.2, 0) is 4.79 Å². The van der Waals surface area contributed by atoms with Gasteiger partial charge in [0.05, 0.1) is 0 Å². The van der Waals surface area contributed by atoms with Gasteiger partial charge < -0.3 is 15.3 Å². The van der Waals surface area contributed by atoms with Gasteiger partial charge in [0.2, 0.25) is 0 Å². The molecule has 1 rings (SSSR count). The van der Waals surface area contributed by atoms with E-state index in [1.165, 1.54) is 6.08 Å². The average Bonchev–Trinajstić information content (AvgIpc) is 2.34. The molecule has 0 heterocycles. The van der Waals surface area contributed by atoms with Crippen LogP contribution in [0.1, 0.15) is 26.3 Å². The summed E-state index contributed by atoms with van der Waals surface area (Å²) in [4.78, 5) is 24.2. The predicted octanol–water partition coefficient (Wildman–Crippen LogP) is 3.29. The predicted molar refractivity (Wildman–Crippen MR) is 84.2 cm³/mol. The molecular formula is C16H22N2O3. The summed E-state index contributed by atoms with van der Waals surface area (Å²) < 4.78 is 0. The molecule has 0 aliphatic rings. The highest BCUT2D eigenvalue weighted by molar-refractivity contribution is 5.90. The molecule has 2 amide bonds. The molecule has 0 bridgehead atoms. The van der Waals surface area contributed by atoms with Crippen LogP contribution >= 0.6 is 0 Å². The van der Waals surface area contributed by atoms with Gasteiger partial charge in [-0.3, -0.25) is 0 Å². The number of carbonyl (C=O) groups excluding carboxylic acids is 1. The summed E-state index contributed by atoms with van der Waals surface area (Å²) in [7, 11) is 1.74. The van der Waals surface area contributed by atoms with Gasteiger partial charge in [-0.1, -0.05) is 32.9 Å². The number of nitrogens with zero attached hydrogens (tertiary/aromatic N) is 1. The molecule has 0 aliphatic carbocycles. The third-order valence-corrected chi connectivity index (χ3v) is 2.61. The van der Waals surface area contributed by atoms with Crippen LogP contribution < -0.4 is 5.32 Å². The second-order valence-corrected chi connectivity index (χ2v) is 6.14. The first-order valence-electron chi connectivity index (χ1n) is 6.70. The molecule has 5 nitrogen and oxygen atoms in total. The zero-order chi connectivity index (χ0) is 16.0. The summed E-state index contributed by atoms with van der Waals surface area (Å²) >= 11 is 0. The Morgan fingerprint density at radius 1 is 1.33 bits per heavy atom. The van der Waals surface area contributed by atoms with E-state index in [1.54, 1.807) is 36.2 Å². The molecule has 114 valence electrons. The summed E-state index contributed by atoms with van der Waals surface area (Å²) in [5.74, 6) is -1.01. The lowest BCUT2D eigenvalue weighted by atomic mass is 9.96. The zero-order valence-corrected chi connectivity index (χ0v) is 12.9. The molecule has 1 aromatic carbocycles. The summed E-state index contributed by atoms with van der Waals surface area (Å²) in [6.45, 7) is 6.83. The number of benzene rings is 1. The zero-order valence-electron chi connectivity index (χ0n) is 12.9. The minimum atomic E-state index is -1.01. The van der Waals surface area contributed by atoms with Crippen molar-refractivity contribution in [2.45, 2.75) is 20.8 Å². The average molecular weight is 290 g/mol. The molecule has 5 heteroatoms. The van der Waals surface area contributed by atoms with Crippen molar-refractivity contribution in [1.29, 1.82) is 0 Å². The molecule has 0 unspecified atom stereocenters. The summed E-state index contributed by atoms with van der Waals surface area (Å²) in [6.07, 6.45) is 2.55. The van der Waals surface area contributed by atoms with Gasteiger partial charge >= 0.3 is 12.0 Å². The van der Waals surface area contributed by atoms with E-state index in [9.17, 15) is 9.59 Å². The summed E-state index contributed by atoms with van der Waals surface area (Å²) in [5, 5.41) is 11.4. The monoisotopic (exact) mass is 290 g/mol. The number of carbonyl (C=O) groups is 2. The van der Waals surface area contributed by atoms with Crippen molar-refractivity contribution in [2.75, 3.05) is 18.9 Å². The molecule has 0 spiro atoms. The van der Waals surface area contributed by atoms with E-state index < -0.39 is 5.97 Å². The Hall–Kier alpha value is -2.30. The molecule has 0 atom stereocenters. The molecule has 0 saturated carbocycles. The van der Waals surface area contributed by atoms with Crippen molar-refractivity contribution < 1.29 is 14.7 Å². The second kappa shape index (κ2) is 6.92. The van der Waals surface area contributed by atoms with Gasteiger partial charge in [0.15, 0.2) is 0 Å². The van der Waals surface area contributed by atoms with E-state index >= 15 is 0 Å². The van der Waals surface area contributed by atoms with Crippen molar-refractivity contribution in [3.63, 3.8) is 0 Å². The van der Waals surface area contributed by atoms with Gasteiger partial charge in [0.1, 0.15) is 0 Å². The fourth-order valence-electron chi connectivity index (χ4n) is 1.89. The SMILES string of the molecule is CN(CC(C)(C)C)C(=O)Nc1cccc(/C=C/C(=O)O)c1. The summed E-state index contributed by atoms with van der Waals surface area (Å²) in [5.41, 5.74) is 1.38. The van der Waals surface area contributed by atoms with Crippen molar-refractivity contribution in [3.8, 4) is 0 Å². The minimum Gasteiger partial charge on any atom is -0.478 e. The van der Waals surface area contributed by atoms with Crippen LogP contribution in [0.3, 0.4) is 0 Å². The van der Waals surface area contributed by atoms with Crippen LogP contribution in [0.15, 0.2) is 30.3 Å². The molecule has 1 aromatic rings. The number of rotatable bonds is 4. The van der Waals surface area contributed by atoms with Crippen LogP contribution in [0.5, 0.6) is 0 Å². The number of hydrogen-bond donors (Lipinski definition) is 2. The first kappa shape index (κ1) is 16.8. The second-order valence-electron chi connectivity index (χ2n) is 6.14. The Balaban J connectivity index is 2.72. The quantitative estimate of drug-likeness (QED) is 0.836. The van der Waals surface area contributed by atoms with Gasteiger partial charge in [0.25, 0.3) is 0 Å². The minimum absolute atomic E-state index is 0.0260.